The van der Waals surface area contributed by atoms with Crippen molar-refractivity contribution >= 4 is 0 Å². The lowest BCUT2D eigenvalue weighted by atomic mass is 9.85. The molecule has 3 nitrogen and oxygen atoms in total. The van der Waals surface area contributed by atoms with Gasteiger partial charge in [0.1, 0.15) is 0 Å². The first kappa shape index (κ1) is 12.5. The largest absolute Gasteiger partial charge is 0.390 e. The molecule has 94 valence electrons. The van der Waals surface area contributed by atoms with E-state index < -0.39 is 11.7 Å². The Balaban J connectivity index is 2.00. The van der Waals surface area contributed by atoms with E-state index in [2.05, 4.69) is 4.98 Å². The molecule has 0 bridgehead atoms. The highest BCUT2D eigenvalue weighted by Crippen LogP contribution is 2.31. The Labute approximate surface area is 103 Å². The molecule has 1 heterocycles. The van der Waals surface area contributed by atoms with Crippen LogP contribution in [0.1, 0.15) is 44.1 Å². The van der Waals surface area contributed by atoms with Gasteiger partial charge in [0.2, 0.25) is 0 Å². The van der Waals surface area contributed by atoms with Gasteiger partial charge in [0.25, 0.3) is 0 Å². The average molecular weight is 235 g/mol. The Hall–Kier alpha value is -0.930. The second-order valence-electron chi connectivity index (χ2n) is 5.10. The Morgan fingerprint density at radius 1 is 1.24 bits per heavy atom. The minimum Gasteiger partial charge on any atom is -0.390 e. The van der Waals surface area contributed by atoms with Crippen molar-refractivity contribution in [3.05, 3.63) is 30.1 Å². The summed E-state index contributed by atoms with van der Waals surface area (Å²) in [4.78, 5) is 4.03. The molecule has 1 atom stereocenters. The van der Waals surface area contributed by atoms with Crippen molar-refractivity contribution in [2.75, 3.05) is 0 Å². The number of aliphatic hydroxyl groups is 2. The predicted octanol–water partition coefficient (Wildman–Crippen LogP) is 2.07. The molecule has 3 heteroatoms. The first-order valence-electron chi connectivity index (χ1n) is 6.50. The van der Waals surface area contributed by atoms with Crippen LogP contribution >= 0.6 is 0 Å². The zero-order chi connectivity index (χ0) is 12.1. The van der Waals surface area contributed by atoms with Gasteiger partial charge in [-0.3, -0.25) is 4.98 Å². The third-order valence-electron chi connectivity index (χ3n) is 3.74. The van der Waals surface area contributed by atoms with Gasteiger partial charge >= 0.3 is 0 Å². The molecule has 0 aromatic carbocycles. The summed E-state index contributed by atoms with van der Waals surface area (Å²) < 4.78 is 0. The normalized spacial score (nSPS) is 21.8. The molecule has 1 fully saturated rings. The molecular formula is C14H21NO2. The van der Waals surface area contributed by atoms with Crippen LogP contribution in [0.15, 0.2) is 24.5 Å². The van der Waals surface area contributed by atoms with Crippen molar-refractivity contribution < 1.29 is 10.2 Å². The highest BCUT2D eigenvalue weighted by atomic mass is 16.3. The van der Waals surface area contributed by atoms with E-state index in [9.17, 15) is 10.2 Å². The second kappa shape index (κ2) is 5.61. The van der Waals surface area contributed by atoms with Crippen LogP contribution in [0.25, 0.3) is 0 Å². The lowest BCUT2D eigenvalue weighted by Gasteiger charge is -2.32. The maximum absolute atomic E-state index is 10.5. The van der Waals surface area contributed by atoms with Gasteiger partial charge in [-0.25, -0.2) is 0 Å². The number of rotatable bonds is 3. The van der Waals surface area contributed by atoms with Crippen molar-refractivity contribution in [3.8, 4) is 0 Å². The fourth-order valence-corrected chi connectivity index (χ4v) is 2.61. The predicted molar refractivity (Wildman–Crippen MR) is 66.6 cm³/mol. The zero-order valence-electron chi connectivity index (χ0n) is 10.2. The van der Waals surface area contributed by atoms with Crippen LogP contribution in [0, 0.1) is 0 Å². The molecule has 1 aromatic rings. The minimum absolute atomic E-state index is 0.490. The molecule has 2 N–H and O–H groups in total. The summed E-state index contributed by atoms with van der Waals surface area (Å²) in [6.45, 7) is 0. The number of aromatic nitrogens is 1. The van der Waals surface area contributed by atoms with Gasteiger partial charge in [-0.15, -0.1) is 0 Å². The summed E-state index contributed by atoms with van der Waals surface area (Å²) >= 11 is 0. The van der Waals surface area contributed by atoms with Crippen LogP contribution in [0.5, 0.6) is 0 Å². The molecule has 0 aliphatic heterocycles. The van der Waals surface area contributed by atoms with Crippen molar-refractivity contribution in [3.63, 3.8) is 0 Å². The average Bonchev–Trinajstić information content (AvgIpc) is 2.56. The van der Waals surface area contributed by atoms with E-state index in [1.807, 2.05) is 12.1 Å². The van der Waals surface area contributed by atoms with Gasteiger partial charge in [0, 0.05) is 18.8 Å². The molecule has 1 unspecified atom stereocenters. The molecule has 1 aromatic heterocycles. The van der Waals surface area contributed by atoms with Crippen LogP contribution in [0.4, 0.5) is 0 Å². The Bertz CT molecular complexity index is 331. The summed E-state index contributed by atoms with van der Waals surface area (Å²) in [6.07, 6.45) is 9.09. The quantitative estimate of drug-likeness (QED) is 0.789. The number of pyridine rings is 1. The Kier molecular flexibility index (Phi) is 4.13. The van der Waals surface area contributed by atoms with Gasteiger partial charge in [0.05, 0.1) is 11.7 Å². The SMILES string of the molecule is OC(Cc1cccnc1)C1(O)CCCCCC1. The summed E-state index contributed by atoms with van der Waals surface area (Å²) in [5, 5.41) is 20.7. The molecule has 17 heavy (non-hydrogen) atoms. The summed E-state index contributed by atoms with van der Waals surface area (Å²) in [5.74, 6) is 0. The van der Waals surface area contributed by atoms with Crippen LogP contribution in [0.3, 0.4) is 0 Å². The summed E-state index contributed by atoms with van der Waals surface area (Å²) in [7, 11) is 0. The van der Waals surface area contributed by atoms with Crippen LogP contribution < -0.4 is 0 Å². The third-order valence-corrected chi connectivity index (χ3v) is 3.74. The van der Waals surface area contributed by atoms with E-state index in [1.54, 1.807) is 12.4 Å². The van der Waals surface area contributed by atoms with E-state index in [1.165, 1.54) is 12.8 Å². The lowest BCUT2D eigenvalue weighted by molar-refractivity contribution is -0.0836. The molecule has 1 aliphatic rings. The van der Waals surface area contributed by atoms with E-state index in [4.69, 9.17) is 0 Å². The van der Waals surface area contributed by atoms with E-state index in [-0.39, 0.29) is 0 Å². The topological polar surface area (TPSA) is 53.4 Å². The van der Waals surface area contributed by atoms with Crippen LogP contribution in [-0.2, 0) is 6.42 Å². The Morgan fingerprint density at radius 2 is 1.94 bits per heavy atom. The molecule has 0 amide bonds. The number of hydrogen-bond acceptors (Lipinski definition) is 3. The smallest absolute Gasteiger partial charge is 0.0908 e. The summed E-state index contributed by atoms with van der Waals surface area (Å²) in [6, 6.07) is 3.80. The van der Waals surface area contributed by atoms with Gasteiger partial charge in [-0.1, -0.05) is 31.7 Å². The Morgan fingerprint density at radius 3 is 2.53 bits per heavy atom. The number of nitrogens with zero attached hydrogens (tertiary/aromatic N) is 1. The van der Waals surface area contributed by atoms with E-state index in [0.717, 1.165) is 18.4 Å². The first-order valence-corrected chi connectivity index (χ1v) is 6.50. The summed E-state index contributed by atoms with van der Waals surface area (Å²) in [5.41, 5.74) is 0.0875. The molecular weight excluding hydrogens is 214 g/mol. The van der Waals surface area contributed by atoms with Crippen LogP contribution in [0.2, 0.25) is 0 Å². The van der Waals surface area contributed by atoms with Gasteiger partial charge in [0.15, 0.2) is 0 Å². The fourth-order valence-electron chi connectivity index (χ4n) is 2.61. The van der Waals surface area contributed by atoms with E-state index in [0.29, 0.717) is 19.3 Å². The van der Waals surface area contributed by atoms with Crippen molar-refractivity contribution in [1.29, 1.82) is 0 Å². The second-order valence-corrected chi connectivity index (χ2v) is 5.10. The number of aliphatic hydroxyl groups excluding tert-OH is 1. The van der Waals surface area contributed by atoms with Crippen molar-refractivity contribution in [1.82, 2.24) is 4.98 Å². The number of hydrogen-bond donors (Lipinski definition) is 2. The van der Waals surface area contributed by atoms with E-state index >= 15 is 0 Å². The van der Waals surface area contributed by atoms with Gasteiger partial charge in [-0.05, 0) is 24.5 Å². The van der Waals surface area contributed by atoms with Crippen molar-refractivity contribution in [2.24, 2.45) is 0 Å². The monoisotopic (exact) mass is 235 g/mol. The molecule has 0 radical (unpaired) electrons. The van der Waals surface area contributed by atoms with Crippen molar-refractivity contribution in [2.45, 2.75) is 56.7 Å². The highest BCUT2D eigenvalue weighted by Gasteiger charge is 2.35. The molecule has 1 saturated carbocycles. The molecule has 0 spiro atoms. The van der Waals surface area contributed by atoms with Gasteiger partial charge < -0.3 is 10.2 Å². The minimum atomic E-state index is -0.896. The molecule has 1 aliphatic carbocycles. The maximum Gasteiger partial charge on any atom is 0.0908 e. The maximum atomic E-state index is 10.5. The van der Waals surface area contributed by atoms with Crippen LogP contribution in [-0.4, -0.2) is 26.9 Å². The fraction of sp³-hybridized carbons (Fsp3) is 0.643. The first-order chi connectivity index (χ1) is 8.21. The third kappa shape index (κ3) is 3.27. The molecule has 0 saturated heterocycles. The lowest BCUT2D eigenvalue weighted by Crippen LogP contribution is -2.43. The molecule has 2 rings (SSSR count). The zero-order valence-corrected chi connectivity index (χ0v) is 10.2. The standard InChI is InChI=1S/C14H21NO2/c16-13(10-12-6-5-9-15-11-12)14(17)7-3-1-2-4-8-14/h5-6,9,11,13,16-17H,1-4,7-8,10H2. The highest BCUT2D eigenvalue weighted by molar-refractivity contribution is 5.11. The van der Waals surface area contributed by atoms with Gasteiger partial charge in [-0.2, -0.15) is 0 Å².